The summed E-state index contributed by atoms with van der Waals surface area (Å²) in [5.74, 6) is -0.145. The smallest absolute Gasteiger partial charge is 0.308 e. The largest absolute Gasteiger partial charge is 0.464 e. The number of hydrogen-bond donors (Lipinski definition) is 0. The van der Waals surface area contributed by atoms with Crippen molar-refractivity contribution in [3.8, 4) is 0 Å². The number of ether oxygens (including phenoxy) is 1. The molecule has 0 aliphatic carbocycles. The van der Waals surface area contributed by atoms with Crippen LogP contribution in [0.15, 0.2) is 30.3 Å². The van der Waals surface area contributed by atoms with Gasteiger partial charge in [-0.1, -0.05) is 43.7 Å². The monoisotopic (exact) mass is 336 g/mol. The van der Waals surface area contributed by atoms with E-state index in [1.165, 1.54) is 5.56 Å². The van der Waals surface area contributed by atoms with E-state index in [0.717, 1.165) is 32.4 Å². The zero-order chi connectivity index (χ0) is 17.8. The first kappa shape index (κ1) is 20.6. The van der Waals surface area contributed by atoms with Gasteiger partial charge < -0.3 is 9.64 Å². The Morgan fingerprint density at radius 1 is 1.08 bits per heavy atom. The number of unbranched alkanes of at least 4 members (excludes halogenated alkanes) is 1. The van der Waals surface area contributed by atoms with Gasteiger partial charge in [0.25, 0.3) is 0 Å². The van der Waals surface area contributed by atoms with Crippen molar-refractivity contribution in [2.24, 2.45) is 5.92 Å². The minimum absolute atomic E-state index is 0.0470. The van der Waals surface area contributed by atoms with Crippen LogP contribution in [-0.4, -0.2) is 56.8 Å². The summed E-state index contributed by atoms with van der Waals surface area (Å²) in [7, 11) is 5.87. The first-order valence-electron chi connectivity index (χ1n) is 8.68. The molecule has 0 aromatic heterocycles. The molecule has 1 aromatic rings. The summed E-state index contributed by atoms with van der Waals surface area (Å²) in [6.45, 7) is 4.60. The van der Waals surface area contributed by atoms with Crippen molar-refractivity contribution in [3.05, 3.63) is 35.9 Å². The SMILES string of the molecule is CC(CCCCON(C)Cc1ccccc1)C(=O)OCCN(C)C. The van der Waals surface area contributed by atoms with Crippen LogP contribution in [0.2, 0.25) is 0 Å². The van der Waals surface area contributed by atoms with Crippen LogP contribution in [0.4, 0.5) is 0 Å². The third kappa shape index (κ3) is 9.65. The lowest BCUT2D eigenvalue weighted by molar-refractivity contribution is -0.150. The molecule has 0 radical (unpaired) electrons. The van der Waals surface area contributed by atoms with Crippen LogP contribution in [0.3, 0.4) is 0 Å². The Kier molecular flexibility index (Phi) is 10.3. The van der Waals surface area contributed by atoms with E-state index >= 15 is 0 Å². The molecule has 0 aliphatic heterocycles. The fourth-order valence-corrected chi connectivity index (χ4v) is 2.25. The van der Waals surface area contributed by atoms with E-state index < -0.39 is 0 Å². The zero-order valence-corrected chi connectivity index (χ0v) is 15.5. The van der Waals surface area contributed by atoms with Crippen molar-refractivity contribution < 1.29 is 14.4 Å². The lowest BCUT2D eigenvalue weighted by atomic mass is 10.0. The Labute approximate surface area is 146 Å². The summed E-state index contributed by atoms with van der Waals surface area (Å²) < 4.78 is 5.26. The average Bonchev–Trinajstić information content (AvgIpc) is 2.54. The van der Waals surface area contributed by atoms with Crippen LogP contribution in [-0.2, 0) is 20.9 Å². The Balaban J connectivity index is 2.05. The minimum Gasteiger partial charge on any atom is -0.464 e. The maximum atomic E-state index is 11.8. The fraction of sp³-hybridized carbons (Fsp3) is 0.632. The molecule has 0 saturated carbocycles. The standard InChI is InChI=1S/C19H32N2O3/c1-17(19(22)23-15-13-20(2)3)10-8-9-14-24-21(4)16-18-11-6-5-7-12-18/h5-7,11-12,17H,8-10,13-16H2,1-4H3. The molecule has 5 nitrogen and oxygen atoms in total. The second-order valence-corrected chi connectivity index (χ2v) is 6.47. The number of esters is 1. The molecule has 0 spiro atoms. The summed E-state index contributed by atoms with van der Waals surface area (Å²) in [6.07, 6.45) is 2.74. The van der Waals surface area contributed by atoms with E-state index in [2.05, 4.69) is 12.1 Å². The normalized spacial score (nSPS) is 12.6. The molecule has 1 rings (SSSR count). The van der Waals surface area contributed by atoms with E-state index in [9.17, 15) is 4.79 Å². The third-order valence-electron chi connectivity index (χ3n) is 3.78. The summed E-state index contributed by atoms with van der Waals surface area (Å²) in [5.41, 5.74) is 1.23. The second kappa shape index (κ2) is 12.0. The maximum absolute atomic E-state index is 11.8. The number of carbonyl (C=O) groups is 1. The summed E-state index contributed by atoms with van der Waals surface area (Å²) >= 11 is 0. The van der Waals surface area contributed by atoms with E-state index in [1.54, 1.807) is 0 Å². The first-order chi connectivity index (χ1) is 11.5. The predicted molar refractivity (Wildman–Crippen MR) is 96.4 cm³/mol. The maximum Gasteiger partial charge on any atom is 0.308 e. The number of nitrogens with zero attached hydrogens (tertiary/aromatic N) is 2. The van der Waals surface area contributed by atoms with Crippen molar-refractivity contribution in [3.63, 3.8) is 0 Å². The molecule has 0 saturated heterocycles. The Hall–Kier alpha value is -1.43. The number of likely N-dealkylation sites (N-methyl/N-ethyl adjacent to an activating group) is 1. The Morgan fingerprint density at radius 3 is 2.46 bits per heavy atom. The molecule has 1 unspecified atom stereocenters. The number of rotatable bonds is 12. The van der Waals surface area contributed by atoms with Crippen molar-refractivity contribution in [1.82, 2.24) is 9.96 Å². The van der Waals surface area contributed by atoms with E-state index in [4.69, 9.17) is 9.57 Å². The molecule has 0 amide bonds. The van der Waals surface area contributed by atoms with Crippen LogP contribution in [0.1, 0.15) is 31.7 Å². The molecular formula is C19H32N2O3. The van der Waals surface area contributed by atoms with Gasteiger partial charge in [-0.25, -0.2) is 0 Å². The average molecular weight is 336 g/mol. The van der Waals surface area contributed by atoms with E-state index in [1.807, 2.05) is 56.2 Å². The highest BCUT2D eigenvalue weighted by molar-refractivity contribution is 5.71. The summed E-state index contributed by atoms with van der Waals surface area (Å²) in [6, 6.07) is 10.2. The number of hydrogen-bond acceptors (Lipinski definition) is 5. The number of hydroxylamine groups is 2. The number of benzene rings is 1. The molecule has 0 heterocycles. The van der Waals surface area contributed by atoms with Crippen LogP contribution in [0.25, 0.3) is 0 Å². The Morgan fingerprint density at radius 2 is 1.79 bits per heavy atom. The highest BCUT2D eigenvalue weighted by atomic mass is 16.7. The number of carbonyl (C=O) groups excluding carboxylic acids is 1. The highest BCUT2D eigenvalue weighted by Crippen LogP contribution is 2.10. The molecule has 5 heteroatoms. The second-order valence-electron chi connectivity index (χ2n) is 6.47. The summed E-state index contributed by atoms with van der Waals surface area (Å²) in [5, 5.41) is 1.86. The molecular weight excluding hydrogens is 304 g/mol. The molecule has 0 aliphatic rings. The van der Waals surface area contributed by atoms with Gasteiger partial charge in [0.05, 0.1) is 12.5 Å². The highest BCUT2D eigenvalue weighted by Gasteiger charge is 2.14. The van der Waals surface area contributed by atoms with Crippen LogP contribution < -0.4 is 0 Å². The van der Waals surface area contributed by atoms with Gasteiger partial charge >= 0.3 is 5.97 Å². The van der Waals surface area contributed by atoms with E-state index in [0.29, 0.717) is 13.2 Å². The third-order valence-corrected chi connectivity index (χ3v) is 3.78. The first-order valence-corrected chi connectivity index (χ1v) is 8.68. The van der Waals surface area contributed by atoms with Gasteiger partial charge in [-0.2, -0.15) is 5.06 Å². The minimum atomic E-state index is -0.0982. The van der Waals surface area contributed by atoms with Gasteiger partial charge in [0.1, 0.15) is 6.61 Å². The molecule has 136 valence electrons. The molecule has 1 atom stereocenters. The molecule has 1 aromatic carbocycles. The van der Waals surface area contributed by atoms with Crippen LogP contribution in [0.5, 0.6) is 0 Å². The van der Waals surface area contributed by atoms with E-state index in [-0.39, 0.29) is 11.9 Å². The molecule has 0 N–H and O–H groups in total. The molecule has 0 bridgehead atoms. The summed E-state index contributed by atoms with van der Waals surface area (Å²) in [4.78, 5) is 19.5. The quantitative estimate of drug-likeness (QED) is 0.333. The Bertz CT molecular complexity index is 451. The van der Waals surface area contributed by atoms with Crippen molar-refractivity contribution in [2.45, 2.75) is 32.7 Å². The fourth-order valence-electron chi connectivity index (χ4n) is 2.25. The van der Waals surface area contributed by atoms with Crippen LogP contribution in [0, 0.1) is 5.92 Å². The van der Waals surface area contributed by atoms with Gasteiger partial charge in [-0.05, 0) is 32.5 Å². The van der Waals surface area contributed by atoms with Gasteiger partial charge in [0, 0.05) is 20.1 Å². The van der Waals surface area contributed by atoms with Gasteiger partial charge in [0.15, 0.2) is 0 Å². The van der Waals surface area contributed by atoms with Crippen LogP contribution >= 0.6 is 0 Å². The predicted octanol–water partition coefficient (Wildman–Crippen LogP) is 2.96. The zero-order valence-electron chi connectivity index (χ0n) is 15.5. The van der Waals surface area contributed by atoms with Gasteiger partial charge in [-0.3, -0.25) is 9.63 Å². The van der Waals surface area contributed by atoms with Crippen molar-refractivity contribution >= 4 is 5.97 Å². The molecule has 0 fully saturated rings. The van der Waals surface area contributed by atoms with Gasteiger partial charge in [-0.15, -0.1) is 0 Å². The van der Waals surface area contributed by atoms with Crippen molar-refractivity contribution in [1.29, 1.82) is 0 Å². The van der Waals surface area contributed by atoms with Gasteiger partial charge in [0.2, 0.25) is 0 Å². The molecule has 24 heavy (non-hydrogen) atoms. The topological polar surface area (TPSA) is 42.0 Å². The lowest BCUT2D eigenvalue weighted by Crippen LogP contribution is -2.23. The van der Waals surface area contributed by atoms with Crippen molar-refractivity contribution in [2.75, 3.05) is 40.9 Å². The lowest BCUT2D eigenvalue weighted by Gasteiger charge is -2.17.